The number of benzene rings is 1. The average Bonchev–Trinajstić information content (AvgIpc) is 2.78. The number of ether oxygens (including phenoxy) is 1. The van der Waals surface area contributed by atoms with Crippen molar-refractivity contribution in [1.29, 1.82) is 0 Å². The normalized spacial score (nSPS) is 28.3. The third kappa shape index (κ3) is 7.14. The Labute approximate surface area is 179 Å². The Morgan fingerprint density at radius 3 is 2.14 bits per heavy atom. The molecule has 0 saturated heterocycles. The second-order valence-electron chi connectivity index (χ2n) is 9.33. The zero-order valence-electron chi connectivity index (χ0n) is 18.8. The van der Waals surface area contributed by atoms with Crippen LogP contribution in [0.2, 0.25) is 0 Å². The molecule has 0 aliphatic heterocycles. The highest BCUT2D eigenvalue weighted by Crippen LogP contribution is 2.44. The number of unbranched alkanes of at least 4 members (excludes halogenated alkanes) is 1. The topological polar surface area (TPSA) is 9.23 Å². The molecule has 0 radical (unpaired) electrons. The predicted molar refractivity (Wildman–Crippen MR) is 125 cm³/mol. The molecule has 1 aromatic rings. The minimum Gasteiger partial charge on any atom is -0.373 e. The van der Waals surface area contributed by atoms with Gasteiger partial charge in [0.25, 0.3) is 0 Å². The van der Waals surface area contributed by atoms with Crippen molar-refractivity contribution >= 4 is 0 Å². The second-order valence-corrected chi connectivity index (χ2v) is 9.33. The van der Waals surface area contributed by atoms with Crippen molar-refractivity contribution < 1.29 is 4.74 Å². The third-order valence-corrected chi connectivity index (χ3v) is 7.29. The lowest BCUT2D eigenvalue weighted by Gasteiger charge is -2.37. The summed E-state index contributed by atoms with van der Waals surface area (Å²) in [6.45, 7) is 5.73. The third-order valence-electron chi connectivity index (χ3n) is 7.29. The van der Waals surface area contributed by atoms with Crippen molar-refractivity contribution in [2.45, 2.75) is 90.6 Å². The minimum atomic E-state index is 0.708. The van der Waals surface area contributed by atoms with Crippen molar-refractivity contribution in [3.05, 3.63) is 59.7 Å². The van der Waals surface area contributed by atoms with Gasteiger partial charge in [-0.15, -0.1) is 0 Å². The van der Waals surface area contributed by atoms with E-state index in [-0.39, 0.29) is 0 Å². The van der Waals surface area contributed by atoms with Crippen LogP contribution in [0.15, 0.2) is 48.6 Å². The van der Waals surface area contributed by atoms with E-state index in [4.69, 9.17) is 4.74 Å². The molecule has 2 aliphatic rings. The molecule has 2 saturated carbocycles. The average molecular weight is 395 g/mol. The Balaban J connectivity index is 1.39. The van der Waals surface area contributed by atoms with E-state index in [2.05, 4.69) is 49.4 Å². The highest BCUT2D eigenvalue weighted by atomic mass is 16.5. The molecule has 2 aliphatic carbocycles. The molecule has 0 N–H and O–H groups in total. The summed E-state index contributed by atoms with van der Waals surface area (Å²) < 4.78 is 5.67. The number of hydrogen-bond donors (Lipinski definition) is 0. The lowest BCUT2D eigenvalue weighted by molar-refractivity contribution is 0.148. The van der Waals surface area contributed by atoms with Crippen molar-refractivity contribution in [3.63, 3.8) is 0 Å². The van der Waals surface area contributed by atoms with Gasteiger partial charge in [-0.05, 0) is 99.5 Å². The molecule has 29 heavy (non-hydrogen) atoms. The fraction of sp³-hybridized carbons (Fsp3) is 0.643. The predicted octanol–water partition coefficient (Wildman–Crippen LogP) is 8.22. The molecule has 0 heterocycles. The van der Waals surface area contributed by atoms with E-state index < -0.39 is 0 Å². The van der Waals surface area contributed by atoms with Crippen LogP contribution in [0.25, 0.3) is 0 Å². The summed E-state index contributed by atoms with van der Waals surface area (Å²) >= 11 is 0. The van der Waals surface area contributed by atoms with Gasteiger partial charge in [0.2, 0.25) is 0 Å². The lowest BCUT2D eigenvalue weighted by atomic mass is 9.68. The Hall–Kier alpha value is -1.34. The van der Waals surface area contributed by atoms with Gasteiger partial charge < -0.3 is 4.74 Å². The number of allylic oxidation sites excluding steroid dienone is 3. The zero-order chi connectivity index (χ0) is 20.3. The van der Waals surface area contributed by atoms with E-state index >= 15 is 0 Å². The number of hydrogen-bond acceptors (Lipinski definition) is 1. The largest absolute Gasteiger partial charge is 0.373 e. The van der Waals surface area contributed by atoms with Gasteiger partial charge >= 0.3 is 0 Å². The summed E-state index contributed by atoms with van der Waals surface area (Å²) in [7, 11) is 0. The standard InChI is InChI=1S/C28H42O/c1-3-5-7-8-23-9-13-25(14-10-23)27-17-19-28(20-18-27)26-15-11-24(12-16-26)22-29-21-6-4-2/h4,6-8,11-12,15-16,23,25,27-28H,3,5,9-10,13-14,17-22H2,1-2H3. The van der Waals surface area contributed by atoms with Crippen molar-refractivity contribution in [2.75, 3.05) is 6.61 Å². The molecule has 1 nitrogen and oxygen atoms in total. The molecule has 0 unspecified atom stereocenters. The van der Waals surface area contributed by atoms with Crippen molar-refractivity contribution in [3.8, 4) is 0 Å². The molecule has 160 valence electrons. The molecule has 0 bridgehead atoms. The molecule has 0 atom stereocenters. The van der Waals surface area contributed by atoms with Crippen LogP contribution in [0.1, 0.15) is 95.1 Å². The molecule has 0 amide bonds. The monoisotopic (exact) mass is 394 g/mol. The maximum absolute atomic E-state index is 5.67. The smallest absolute Gasteiger partial charge is 0.0721 e. The van der Waals surface area contributed by atoms with Crippen LogP contribution in [-0.4, -0.2) is 6.61 Å². The summed E-state index contributed by atoms with van der Waals surface area (Å²) in [6, 6.07) is 9.25. The molecule has 2 fully saturated rings. The van der Waals surface area contributed by atoms with Crippen LogP contribution in [0.3, 0.4) is 0 Å². The highest BCUT2D eigenvalue weighted by molar-refractivity contribution is 5.25. The first kappa shape index (κ1) is 22.3. The van der Waals surface area contributed by atoms with Crippen LogP contribution in [-0.2, 0) is 11.3 Å². The number of rotatable bonds is 9. The summed E-state index contributed by atoms with van der Waals surface area (Å²) in [4.78, 5) is 0. The molecule has 0 aromatic heterocycles. The van der Waals surface area contributed by atoms with Crippen LogP contribution in [0, 0.1) is 17.8 Å². The summed E-state index contributed by atoms with van der Waals surface area (Å²) in [5.41, 5.74) is 2.84. The van der Waals surface area contributed by atoms with E-state index in [1.54, 1.807) is 5.56 Å². The van der Waals surface area contributed by atoms with Gasteiger partial charge in [-0.25, -0.2) is 0 Å². The minimum absolute atomic E-state index is 0.708. The summed E-state index contributed by atoms with van der Waals surface area (Å²) in [6.07, 6.45) is 23.0. The van der Waals surface area contributed by atoms with Gasteiger partial charge in [0.05, 0.1) is 13.2 Å². The lowest BCUT2D eigenvalue weighted by Crippen LogP contribution is -2.25. The van der Waals surface area contributed by atoms with Gasteiger partial charge in [-0.3, -0.25) is 0 Å². The quantitative estimate of drug-likeness (QED) is 0.303. The van der Waals surface area contributed by atoms with E-state index in [9.17, 15) is 0 Å². The molecular formula is C28H42O. The zero-order valence-corrected chi connectivity index (χ0v) is 18.8. The Kier molecular flexibility index (Phi) is 9.54. The first-order valence-corrected chi connectivity index (χ1v) is 12.2. The Morgan fingerprint density at radius 1 is 0.862 bits per heavy atom. The molecule has 0 spiro atoms. The van der Waals surface area contributed by atoms with Gasteiger partial charge in [-0.1, -0.05) is 61.9 Å². The van der Waals surface area contributed by atoms with Crippen LogP contribution >= 0.6 is 0 Å². The van der Waals surface area contributed by atoms with Gasteiger partial charge in [0.15, 0.2) is 0 Å². The van der Waals surface area contributed by atoms with Gasteiger partial charge in [0, 0.05) is 0 Å². The fourth-order valence-electron chi connectivity index (χ4n) is 5.42. The van der Waals surface area contributed by atoms with E-state index in [0.29, 0.717) is 13.2 Å². The van der Waals surface area contributed by atoms with Crippen LogP contribution in [0.4, 0.5) is 0 Å². The second kappa shape index (κ2) is 12.4. The molecule has 1 aromatic carbocycles. The van der Waals surface area contributed by atoms with Crippen LogP contribution in [0.5, 0.6) is 0 Å². The maximum Gasteiger partial charge on any atom is 0.0721 e. The molecule has 3 rings (SSSR count). The van der Waals surface area contributed by atoms with E-state index in [0.717, 1.165) is 23.7 Å². The van der Waals surface area contributed by atoms with Crippen molar-refractivity contribution in [2.24, 2.45) is 17.8 Å². The summed E-state index contributed by atoms with van der Waals surface area (Å²) in [5, 5.41) is 0. The first-order chi connectivity index (χ1) is 14.3. The maximum atomic E-state index is 5.67. The highest BCUT2D eigenvalue weighted by Gasteiger charge is 2.30. The van der Waals surface area contributed by atoms with E-state index in [1.165, 1.54) is 69.8 Å². The van der Waals surface area contributed by atoms with E-state index in [1.807, 2.05) is 13.0 Å². The van der Waals surface area contributed by atoms with Gasteiger partial charge in [-0.2, -0.15) is 0 Å². The Morgan fingerprint density at radius 2 is 1.52 bits per heavy atom. The Bertz CT molecular complexity index is 610. The van der Waals surface area contributed by atoms with Gasteiger partial charge in [0.1, 0.15) is 0 Å². The van der Waals surface area contributed by atoms with Crippen molar-refractivity contribution in [1.82, 2.24) is 0 Å². The first-order valence-electron chi connectivity index (χ1n) is 12.2. The summed E-state index contributed by atoms with van der Waals surface area (Å²) in [5.74, 6) is 3.64. The molecule has 1 heteroatoms. The SMILES string of the molecule is CC=CCOCc1ccc(C2CCC(C3CCC(C=CCCC)CC3)CC2)cc1. The fourth-order valence-corrected chi connectivity index (χ4v) is 5.42. The van der Waals surface area contributed by atoms with Crippen LogP contribution < -0.4 is 0 Å². The molecular weight excluding hydrogens is 352 g/mol.